The van der Waals surface area contributed by atoms with Gasteiger partial charge < -0.3 is 10.2 Å². The van der Waals surface area contributed by atoms with Crippen LogP contribution in [-0.2, 0) is 6.54 Å². The molecular weight excluding hydrogens is 240 g/mol. The SMILES string of the molecule is CCCn1ncc(N(C)CCNC)c(Cl)c1=O. The normalized spacial score (nSPS) is 10.6. The Kier molecular flexibility index (Phi) is 5.44. The summed E-state index contributed by atoms with van der Waals surface area (Å²) in [5.74, 6) is 0. The summed E-state index contributed by atoms with van der Waals surface area (Å²) in [6.07, 6.45) is 2.51. The van der Waals surface area contributed by atoms with Gasteiger partial charge in [0.15, 0.2) is 0 Å². The fourth-order valence-electron chi connectivity index (χ4n) is 1.49. The Morgan fingerprint density at radius 1 is 1.59 bits per heavy atom. The lowest BCUT2D eigenvalue weighted by Crippen LogP contribution is -2.31. The summed E-state index contributed by atoms with van der Waals surface area (Å²) in [6.45, 7) is 4.19. The lowest BCUT2D eigenvalue weighted by Gasteiger charge is -2.20. The molecule has 5 nitrogen and oxygen atoms in total. The number of likely N-dealkylation sites (N-methyl/N-ethyl adjacent to an activating group) is 2. The molecule has 0 fully saturated rings. The number of hydrogen-bond acceptors (Lipinski definition) is 4. The van der Waals surface area contributed by atoms with Gasteiger partial charge in [0.2, 0.25) is 0 Å². The van der Waals surface area contributed by atoms with E-state index in [2.05, 4.69) is 10.4 Å². The molecule has 1 heterocycles. The van der Waals surface area contributed by atoms with Crippen molar-refractivity contribution in [2.45, 2.75) is 19.9 Å². The predicted molar refractivity (Wildman–Crippen MR) is 71.0 cm³/mol. The summed E-state index contributed by atoms with van der Waals surface area (Å²) in [6, 6.07) is 0. The second-order valence-electron chi connectivity index (χ2n) is 3.90. The van der Waals surface area contributed by atoms with Crippen molar-refractivity contribution in [2.24, 2.45) is 0 Å². The second-order valence-corrected chi connectivity index (χ2v) is 4.28. The van der Waals surface area contributed by atoms with Crippen molar-refractivity contribution in [3.8, 4) is 0 Å². The van der Waals surface area contributed by atoms with Crippen LogP contribution in [0.15, 0.2) is 11.0 Å². The Hall–Kier alpha value is -1.07. The molecule has 0 bridgehead atoms. The number of nitrogens with zero attached hydrogens (tertiary/aromatic N) is 3. The van der Waals surface area contributed by atoms with Gasteiger partial charge in [-0.15, -0.1) is 0 Å². The molecule has 0 amide bonds. The highest BCUT2D eigenvalue weighted by atomic mass is 35.5. The van der Waals surface area contributed by atoms with E-state index in [1.54, 1.807) is 6.20 Å². The molecule has 0 spiro atoms. The molecule has 0 saturated heterocycles. The maximum absolute atomic E-state index is 11.9. The van der Waals surface area contributed by atoms with Gasteiger partial charge in [0.05, 0.1) is 11.9 Å². The predicted octanol–water partition coefficient (Wildman–Crippen LogP) is 0.962. The first kappa shape index (κ1) is 14.0. The van der Waals surface area contributed by atoms with E-state index < -0.39 is 0 Å². The average Bonchev–Trinajstić information content (AvgIpc) is 2.32. The maximum atomic E-state index is 11.9. The van der Waals surface area contributed by atoms with E-state index in [1.165, 1.54) is 4.68 Å². The van der Waals surface area contributed by atoms with Gasteiger partial charge in [0.25, 0.3) is 5.56 Å². The van der Waals surface area contributed by atoms with Crippen LogP contribution in [0.3, 0.4) is 0 Å². The van der Waals surface area contributed by atoms with Gasteiger partial charge in [-0.3, -0.25) is 4.79 Å². The number of rotatable bonds is 6. The molecule has 0 aliphatic carbocycles. The topological polar surface area (TPSA) is 50.2 Å². The molecule has 0 aliphatic rings. The number of hydrogen-bond donors (Lipinski definition) is 1. The van der Waals surface area contributed by atoms with Crippen molar-refractivity contribution < 1.29 is 0 Å². The molecule has 1 rings (SSSR count). The van der Waals surface area contributed by atoms with Crippen molar-refractivity contribution in [2.75, 3.05) is 32.1 Å². The summed E-state index contributed by atoms with van der Waals surface area (Å²) in [5.41, 5.74) is 0.460. The quantitative estimate of drug-likeness (QED) is 0.826. The Morgan fingerprint density at radius 3 is 2.88 bits per heavy atom. The third-order valence-corrected chi connectivity index (χ3v) is 2.87. The zero-order chi connectivity index (χ0) is 12.8. The third-order valence-electron chi connectivity index (χ3n) is 2.51. The lowest BCUT2D eigenvalue weighted by molar-refractivity contribution is 0.567. The molecule has 17 heavy (non-hydrogen) atoms. The Morgan fingerprint density at radius 2 is 2.29 bits per heavy atom. The number of aryl methyl sites for hydroxylation is 1. The number of anilines is 1. The van der Waals surface area contributed by atoms with Crippen LogP contribution in [0.5, 0.6) is 0 Å². The summed E-state index contributed by atoms with van der Waals surface area (Å²) < 4.78 is 1.40. The van der Waals surface area contributed by atoms with Gasteiger partial charge in [0, 0.05) is 26.7 Å². The van der Waals surface area contributed by atoms with Crippen LogP contribution in [0.2, 0.25) is 5.02 Å². The van der Waals surface area contributed by atoms with Crippen LogP contribution in [0.4, 0.5) is 5.69 Å². The first-order chi connectivity index (χ1) is 8.11. The Balaban J connectivity index is 2.95. The molecular formula is C11H19ClN4O. The minimum Gasteiger partial charge on any atom is -0.371 e. The van der Waals surface area contributed by atoms with Gasteiger partial charge in [-0.25, -0.2) is 4.68 Å². The molecule has 1 aromatic rings. The van der Waals surface area contributed by atoms with Crippen LogP contribution in [0.1, 0.15) is 13.3 Å². The summed E-state index contributed by atoms with van der Waals surface area (Å²) in [7, 11) is 3.77. The molecule has 0 radical (unpaired) electrons. The fraction of sp³-hybridized carbons (Fsp3) is 0.636. The molecule has 0 atom stereocenters. The highest BCUT2D eigenvalue weighted by Crippen LogP contribution is 2.18. The lowest BCUT2D eigenvalue weighted by atomic mass is 10.4. The van der Waals surface area contributed by atoms with E-state index in [1.807, 2.05) is 25.9 Å². The fourth-order valence-corrected chi connectivity index (χ4v) is 1.78. The standard InChI is InChI=1S/C11H19ClN4O/c1-4-6-16-11(17)10(12)9(8-14-16)15(3)7-5-13-2/h8,13H,4-7H2,1-3H3. The van der Waals surface area contributed by atoms with Crippen molar-refractivity contribution in [3.05, 3.63) is 21.6 Å². The molecule has 96 valence electrons. The highest BCUT2D eigenvalue weighted by Gasteiger charge is 2.11. The Labute approximate surface area is 106 Å². The summed E-state index contributed by atoms with van der Waals surface area (Å²) in [4.78, 5) is 13.8. The van der Waals surface area contributed by atoms with Crippen LogP contribution in [0.25, 0.3) is 0 Å². The van der Waals surface area contributed by atoms with E-state index in [0.717, 1.165) is 19.5 Å². The van der Waals surface area contributed by atoms with Gasteiger partial charge in [0.1, 0.15) is 5.02 Å². The average molecular weight is 259 g/mol. The van der Waals surface area contributed by atoms with Gasteiger partial charge in [-0.05, 0) is 13.5 Å². The molecule has 6 heteroatoms. The van der Waals surface area contributed by atoms with Gasteiger partial charge in [-0.2, -0.15) is 5.10 Å². The zero-order valence-corrected chi connectivity index (χ0v) is 11.3. The van der Waals surface area contributed by atoms with E-state index >= 15 is 0 Å². The first-order valence-electron chi connectivity index (χ1n) is 5.73. The van der Waals surface area contributed by atoms with Gasteiger partial charge in [-0.1, -0.05) is 18.5 Å². The molecule has 0 saturated carbocycles. The van der Waals surface area contributed by atoms with Crippen molar-refractivity contribution in [1.29, 1.82) is 0 Å². The smallest absolute Gasteiger partial charge is 0.287 e. The minimum absolute atomic E-state index is 0.220. The van der Waals surface area contributed by atoms with E-state index in [0.29, 0.717) is 12.2 Å². The number of halogens is 1. The molecule has 0 unspecified atom stereocenters. The van der Waals surface area contributed by atoms with E-state index in [-0.39, 0.29) is 10.6 Å². The van der Waals surface area contributed by atoms with Gasteiger partial charge >= 0.3 is 0 Å². The number of nitrogens with one attached hydrogen (secondary N) is 1. The van der Waals surface area contributed by atoms with E-state index in [4.69, 9.17) is 11.6 Å². The van der Waals surface area contributed by atoms with Crippen LogP contribution < -0.4 is 15.8 Å². The Bertz CT molecular complexity index is 418. The largest absolute Gasteiger partial charge is 0.371 e. The highest BCUT2D eigenvalue weighted by molar-refractivity contribution is 6.33. The van der Waals surface area contributed by atoms with E-state index in [9.17, 15) is 4.79 Å². The molecule has 0 aromatic carbocycles. The summed E-state index contributed by atoms with van der Waals surface area (Å²) in [5, 5.41) is 7.40. The maximum Gasteiger partial charge on any atom is 0.287 e. The monoisotopic (exact) mass is 258 g/mol. The third kappa shape index (κ3) is 3.44. The molecule has 1 aromatic heterocycles. The van der Waals surface area contributed by atoms with Crippen LogP contribution in [0, 0.1) is 0 Å². The molecule has 1 N–H and O–H groups in total. The minimum atomic E-state index is -0.220. The van der Waals surface area contributed by atoms with Crippen molar-refractivity contribution >= 4 is 17.3 Å². The zero-order valence-electron chi connectivity index (χ0n) is 10.5. The van der Waals surface area contributed by atoms with Crippen LogP contribution >= 0.6 is 11.6 Å². The van der Waals surface area contributed by atoms with Crippen molar-refractivity contribution in [1.82, 2.24) is 15.1 Å². The van der Waals surface area contributed by atoms with Crippen molar-refractivity contribution in [3.63, 3.8) is 0 Å². The molecule has 0 aliphatic heterocycles. The van der Waals surface area contributed by atoms with Crippen LogP contribution in [-0.4, -0.2) is 37.0 Å². The number of aromatic nitrogens is 2. The second kappa shape index (κ2) is 6.61. The first-order valence-corrected chi connectivity index (χ1v) is 6.11. The summed E-state index contributed by atoms with van der Waals surface area (Å²) >= 11 is 6.07.